The highest BCUT2D eigenvalue weighted by molar-refractivity contribution is 5.28. The van der Waals surface area contributed by atoms with Crippen LogP contribution in [0.25, 0.3) is 0 Å². The third-order valence-corrected chi connectivity index (χ3v) is 2.27. The van der Waals surface area contributed by atoms with Crippen LogP contribution >= 0.6 is 0 Å². The van der Waals surface area contributed by atoms with E-state index in [0.717, 1.165) is 17.5 Å². The minimum atomic E-state index is -0.342. The maximum Gasteiger partial charge on any atom is 0.123 e. The van der Waals surface area contributed by atoms with Crippen molar-refractivity contribution in [3.05, 3.63) is 35.1 Å². The first-order chi connectivity index (χ1) is 7.19. The fraction of sp³-hybridized carbons (Fsp3) is 0.500. The van der Waals surface area contributed by atoms with Crippen LogP contribution in [0.4, 0.5) is 4.39 Å². The van der Waals surface area contributed by atoms with Gasteiger partial charge in [-0.05, 0) is 36.6 Å². The molecule has 0 spiro atoms. The van der Waals surface area contributed by atoms with E-state index in [4.69, 9.17) is 4.74 Å². The molecule has 0 aliphatic carbocycles. The Hall–Kier alpha value is -0.930. The highest BCUT2D eigenvalue weighted by Gasteiger charge is 2.13. The lowest BCUT2D eigenvalue weighted by atomic mass is 10.0. The molecule has 2 nitrogen and oxygen atoms in total. The van der Waals surface area contributed by atoms with Crippen molar-refractivity contribution in [2.75, 3.05) is 13.2 Å². The summed E-state index contributed by atoms with van der Waals surface area (Å²) in [4.78, 5) is 0. The Kier molecular flexibility index (Phi) is 4.72. The number of aliphatic hydroxyl groups is 1. The van der Waals surface area contributed by atoms with Crippen molar-refractivity contribution < 1.29 is 14.2 Å². The van der Waals surface area contributed by atoms with E-state index in [1.54, 1.807) is 6.07 Å². The second kappa shape index (κ2) is 5.83. The van der Waals surface area contributed by atoms with Gasteiger partial charge in [-0.25, -0.2) is 4.39 Å². The van der Waals surface area contributed by atoms with Crippen LogP contribution in [0.1, 0.15) is 30.6 Å². The standard InChI is InChI=1S/C12H17FO2/c1-3-6-15-12(8-14)11-5-4-10(13)7-9(11)2/h4-5,7,12,14H,3,6,8H2,1-2H3. The number of hydrogen-bond acceptors (Lipinski definition) is 2. The molecule has 0 aliphatic heterocycles. The van der Waals surface area contributed by atoms with Gasteiger partial charge in [0.15, 0.2) is 0 Å². The molecule has 0 bridgehead atoms. The van der Waals surface area contributed by atoms with Gasteiger partial charge in [-0.3, -0.25) is 0 Å². The second-order valence-corrected chi connectivity index (χ2v) is 3.54. The molecule has 1 unspecified atom stereocenters. The zero-order valence-corrected chi connectivity index (χ0v) is 9.16. The third kappa shape index (κ3) is 3.29. The summed E-state index contributed by atoms with van der Waals surface area (Å²) in [7, 11) is 0. The number of benzene rings is 1. The number of halogens is 1. The monoisotopic (exact) mass is 212 g/mol. The summed E-state index contributed by atoms with van der Waals surface area (Å²) in [6.07, 6.45) is 0.557. The van der Waals surface area contributed by atoms with E-state index in [-0.39, 0.29) is 18.5 Å². The zero-order valence-electron chi connectivity index (χ0n) is 9.16. The van der Waals surface area contributed by atoms with E-state index in [1.807, 2.05) is 13.8 Å². The highest BCUT2D eigenvalue weighted by atomic mass is 19.1. The lowest BCUT2D eigenvalue weighted by Crippen LogP contribution is -2.11. The molecule has 0 heterocycles. The molecule has 1 aromatic carbocycles. The predicted molar refractivity (Wildman–Crippen MR) is 57.2 cm³/mol. The van der Waals surface area contributed by atoms with Gasteiger partial charge in [-0.1, -0.05) is 13.0 Å². The number of rotatable bonds is 5. The van der Waals surface area contributed by atoms with E-state index in [1.165, 1.54) is 12.1 Å². The van der Waals surface area contributed by atoms with E-state index >= 15 is 0 Å². The number of aliphatic hydroxyl groups excluding tert-OH is 1. The Bertz CT molecular complexity index is 312. The molecule has 3 heteroatoms. The normalized spacial score (nSPS) is 12.8. The molecular weight excluding hydrogens is 195 g/mol. The van der Waals surface area contributed by atoms with Gasteiger partial charge in [0.05, 0.1) is 6.61 Å². The maximum atomic E-state index is 12.9. The van der Waals surface area contributed by atoms with E-state index in [0.29, 0.717) is 6.61 Å². The Balaban J connectivity index is 2.81. The fourth-order valence-corrected chi connectivity index (χ4v) is 1.50. The predicted octanol–water partition coefficient (Wildman–Crippen LogP) is 2.59. The van der Waals surface area contributed by atoms with Gasteiger partial charge >= 0.3 is 0 Å². The molecule has 15 heavy (non-hydrogen) atoms. The molecule has 1 N–H and O–H groups in total. The summed E-state index contributed by atoms with van der Waals surface area (Å²) < 4.78 is 18.3. The molecule has 0 aromatic heterocycles. The SMILES string of the molecule is CCCOC(CO)c1ccc(F)cc1C. The first kappa shape index (κ1) is 12.1. The van der Waals surface area contributed by atoms with Crippen LogP contribution in [0.5, 0.6) is 0 Å². The average Bonchev–Trinajstić information content (AvgIpc) is 2.21. The minimum absolute atomic E-state index is 0.0769. The molecule has 84 valence electrons. The Morgan fingerprint density at radius 2 is 2.20 bits per heavy atom. The van der Waals surface area contributed by atoms with Crippen LogP contribution in [-0.2, 0) is 4.74 Å². The van der Waals surface area contributed by atoms with E-state index in [2.05, 4.69) is 0 Å². The quantitative estimate of drug-likeness (QED) is 0.813. The smallest absolute Gasteiger partial charge is 0.123 e. The van der Waals surface area contributed by atoms with Crippen LogP contribution in [0.2, 0.25) is 0 Å². The van der Waals surface area contributed by atoms with Crippen molar-refractivity contribution in [3.8, 4) is 0 Å². The van der Waals surface area contributed by atoms with Crippen molar-refractivity contribution >= 4 is 0 Å². The molecule has 1 rings (SSSR count). The fourth-order valence-electron chi connectivity index (χ4n) is 1.50. The molecule has 1 atom stereocenters. The number of ether oxygens (including phenoxy) is 1. The Morgan fingerprint density at radius 1 is 1.47 bits per heavy atom. The summed E-state index contributed by atoms with van der Waals surface area (Å²) >= 11 is 0. The lowest BCUT2D eigenvalue weighted by molar-refractivity contribution is 0.0117. The molecule has 0 amide bonds. The van der Waals surface area contributed by atoms with Gasteiger partial charge < -0.3 is 9.84 Å². The van der Waals surface area contributed by atoms with Gasteiger partial charge in [0.2, 0.25) is 0 Å². The highest BCUT2D eigenvalue weighted by Crippen LogP contribution is 2.21. The first-order valence-electron chi connectivity index (χ1n) is 5.17. The maximum absolute atomic E-state index is 12.9. The van der Waals surface area contributed by atoms with Gasteiger partial charge in [-0.2, -0.15) is 0 Å². The molecule has 0 fully saturated rings. The third-order valence-electron chi connectivity index (χ3n) is 2.27. The Morgan fingerprint density at radius 3 is 2.73 bits per heavy atom. The van der Waals surface area contributed by atoms with Crippen molar-refractivity contribution in [2.45, 2.75) is 26.4 Å². The molecule has 0 radical (unpaired) electrons. The number of hydrogen-bond donors (Lipinski definition) is 1. The zero-order chi connectivity index (χ0) is 11.3. The Labute approximate surface area is 89.7 Å². The lowest BCUT2D eigenvalue weighted by Gasteiger charge is -2.17. The van der Waals surface area contributed by atoms with Gasteiger partial charge in [0.1, 0.15) is 11.9 Å². The van der Waals surface area contributed by atoms with Crippen LogP contribution in [0.3, 0.4) is 0 Å². The second-order valence-electron chi connectivity index (χ2n) is 3.54. The summed E-state index contributed by atoms with van der Waals surface area (Å²) in [5.41, 5.74) is 1.66. The van der Waals surface area contributed by atoms with Crippen LogP contribution in [0.15, 0.2) is 18.2 Å². The molecule has 1 aromatic rings. The van der Waals surface area contributed by atoms with Gasteiger partial charge in [-0.15, -0.1) is 0 Å². The molecule has 0 saturated heterocycles. The largest absolute Gasteiger partial charge is 0.393 e. The summed E-state index contributed by atoms with van der Waals surface area (Å²) in [5.74, 6) is -0.261. The van der Waals surface area contributed by atoms with E-state index < -0.39 is 0 Å². The molecule has 0 saturated carbocycles. The molecular formula is C12H17FO2. The van der Waals surface area contributed by atoms with Gasteiger partial charge in [0.25, 0.3) is 0 Å². The average molecular weight is 212 g/mol. The van der Waals surface area contributed by atoms with E-state index in [9.17, 15) is 9.50 Å². The topological polar surface area (TPSA) is 29.5 Å². The van der Waals surface area contributed by atoms with Crippen LogP contribution < -0.4 is 0 Å². The van der Waals surface area contributed by atoms with Crippen molar-refractivity contribution in [1.29, 1.82) is 0 Å². The van der Waals surface area contributed by atoms with Crippen molar-refractivity contribution in [2.24, 2.45) is 0 Å². The van der Waals surface area contributed by atoms with Crippen molar-refractivity contribution in [3.63, 3.8) is 0 Å². The van der Waals surface area contributed by atoms with Crippen molar-refractivity contribution in [1.82, 2.24) is 0 Å². The molecule has 0 aliphatic rings. The summed E-state index contributed by atoms with van der Waals surface area (Å²) in [5, 5.41) is 9.18. The summed E-state index contributed by atoms with van der Waals surface area (Å²) in [6.45, 7) is 4.34. The van der Waals surface area contributed by atoms with Gasteiger partial charge in [0, 0.05) is 6.61 Å². The summed E-state index contributed by atoms with van der Waals surface area (Å²) in [6, 6.07) is 4.51. The van der Waals surface area contributed by atoms with Crippen LogP contribution in [0, 0.1) is 12.7 Å². The number of aryl methyl sites for hydroxylation is 1. The van der Waals surface area contributed by atoms with Crippen LogP contribution in [-0.4, -0.2) is 18.3 Å². The first-order valence-corrected chi connectivity index (χ1v) is 5.17. The minimum Gasteiger partial charge on any atom is -0.393 e.